The van der Waals surface area contributed by atoms with Crippen molar-refractivity contribution in [1.82, 2.24) is 4.90 Å². The summed E-state index contributed by atoms with van der Waals surface area (Å²) in [6, 6.07) is 16.4. The molecule has 1 amide bonds. The number of anilines is 1. The first-order valence-corrected chi connectivity index (χ1v) is 7.54. The molecule has 2 aromatic carbocycles. The second-order valence-corrected chi connectivity index (χ2v) is 5.51. The minimum Gasteiger partial charge on any atom is -0.368 e. The third-order valence-electron chi connectivity index (χ3n) is 4.02. The minimum atomic E-state index is -0.271. The molecule has 0 radical (unpaired) electrons. The van der Waals surface area contributed by atoms with Crippen molar-refractivity contribution in [2.45, 2.75) is 6.42 Å². The van der Waals surface area contributed by atoms with Gasteiger partial charge < -0.3 is 9.80 Å². The third kappa shape index (κ3) is 3.45. The van der Waals surface area contributed by atoms with Gasteiger partial charge in [-0.05, 0) is 29.8 Å². The van der Waals surface area contributed by atoms with Crippen LogP contribution < -0.4 is 4.90 Å². The minimum absolute atomic E-state index is 0.110. The van der Waals surface area contributed by atoms with E-state index in [0.717, 1.165) is 31.7 Å². The van der Waals surface area contributed by atoms with Crippen LogP contribution in [0.1, 0.15) is 5.56 Å². The van der Waals surface area contributed by atoms with Crippen molar-refractivity contribution in [3.05, 3.63) is 66.0 Å². The fourth-order valence-corrected chi connectivity index (χ4v) is 2.74. The van der Waals surface area contributed by atoms with Gasteiger partial charge in [-0.1, -0.05) is 30.3 Å². The summed E-state index contributed by atoms with van der Waals surface area (Å²) < 4.78 is 12.9. The van der Waals surface area contributed by atoms with E-state index in [9.17, 15) is 9.18 Å². The van der Waals surface area contributed by atoms with Gasteiger partial charge in [-0.15, -0.1) is 0 Å². The van der Waals surface area contributed by atoms with Crippen molar-refractivity contribution in [3.63, 3.8) is 0 Å². The summed E-state index contributed by atoms with van der Waals surface area (Å²) in [4.78, 5) is 16.5. The fraction of sp³-hybridized carbons (Fsp3) is 0.278. The maximum atomic E-state index is 12.9. The molecule has 0 unspecified atom stereocenters. The van der Waals surface area contributed by atoms with Gasteiger partial charge in [-0.25, -0.2) is 4.39 Å². The van der Waals surface area contributed by atoms with E-state index in [0.29, 0.717) is 6.42 Å². The molecule has 0 N–H and O–H groups in total. The Hall–Kier alpha value is -2.36. The zero-order valence-corrected chi connectivity index (χ0v) is 12.4. The van der Waals surface area contributed by atoms with E-state index < -0.39 is 0 Å². The molecule has 0 spiro atoms. The van der Waals surface area contributed by atoms with Crippen LogP contribution in [0.25, 0.3) is 0 Å². The molecular weight excluding hydrogens is 279 g/mol. The zero-order valence-electron chi connectivity index (χ0n) is 12.4. The molecule has 2 aromatic rings. The van der Waals surface area contributed by atoms with Gasteiger partial charge in [0, 0.05) is 31.9 Å². The molecule has 1 fully saturated rings. The van der Waals surface area contributed by atoms with Crippen molar-refractivity contribution < 1.29 is 9.18 Å². The number of amides is 1. The van der Waals surface area contributed by atoms with Crippen LogP contribution in [0.3, 0.4) is 0 Å². The highest BCUT2D eigenvalue weighted by molar-refractivity contribution is 5.79. The summed E-state index contributed by atoms with van der Waals surface area (Å²) in [5.74, 6) is -0.160. The topological polar surface area (TPSA) is 23.6 Å². The van der Waals surface area contributed by atoms with Crippen molar-refractivity contribution in [1.29, 1.82) is 0 Å². The Labute approximate surface area is 130 Å². The summed E-state index contributed by atoms with van der Waals surface area (Å²) in [6.07, 6.45) is 0.339. The van der Waals surface area contributed by atoms with Crippen LogP contribution in [0.5, 0.6) is 0 Å². The van der Waals surface area contributed by atoms with Crippen molar-refractivity contribution in [3.8, 4) is 0 Å². The number of halogens is 1. The Morgan fingerprint density at radius 2 is 1.55 bits per heavy atom. The van der Waals surface area contributed by atoms with Crippen LogP contribution >= 0.6 is 0 Å². The highest BCUT2D eigenvalue weighted by atomic mass is 19.1. The molecule has 22 heavy (non-hydrogen) atoms. The molecule has 1 saturated heterocycles. The monoisotopic (exact) mass is 298 g/mol. The quantitative estimate of drug-likeness (QED) is 0.870. The van der Waals surface area contributed by atoms with Gasteiger partial charge in [0.25, 0.3) is 0 Å². The van der Waals surface area contributed by atoms with E-state index in [1.807, 2.05) is 23.1 Å². The lowest BCUT2D eigenvalue weighted by molar-refractivity contribution is -0.130. The number of rotatable bonds is 3. The predicted octanol–water partition coefficient (Wildman–Crippen LogP) is 2.72. The number of benzene rings is 2. The van der Waals surface area contributed by atoms with Gasteiger partial charge in [0.15, 0.2) is 0 Å². The molecule has 0 atom stereocenters. The lowest BCUT2D eigenvalue weighted by atomic mass is 10.1. The lowest BCUT2D eigenvalue weighted by Gasteiger charge is -2.36. The Morgan fingerprint density at radius 3 is 2.18 bits per heavy atom. The molecule has 4 heteroatoms. The number of carbonyl (C=O) groups excluding carboxylic acids is 1. The van der Waals surface area contributed by atoms with Crippen LogP contribution in [-0.4, -0.2) is 37.0 Å². The fourth-order valence-electron chi connectivity index (χ4n) is 2.74. The third-order valence-corrected chi connectivity index (χ3v) is 4.02. The molecule has 0 bridgehead atoms. The first kappa shape index (κ1) is 14.6. The average molecular weight is 298 g/mol. The molecule has 114 valence electrons. The summed E-state index contributed by atoms with van der Waals surface area (Å²) in [7, 11) is 0. The first-order valence-electron chi connectivity index (χ1n) is 7.54. The molecule has 1 aliphatic heterocycles. The van der Waals surface area contributed by atoms with Gasteiger partial charge in [-0.3, -0.25) is 4.79 Å². The molecule has 3 rings (SSSR count). The number of hydrogen-bond acceptors (Lipinski definition) is 2. The molecule has 0 aliphatic carbocycles. The summed E-state index contributed by atoms with van der Waals surface area (Å²) in [6.45, 7) is 3.15. The predicted molar refractivity (Wildman–Crippen MR) is 85.3 cm³/mol. The normalized spacial score (nSPS) is 15.0. The Bertz CT molecular complexity index is 619. The van der Waals surface area contributed by atoms with Crippen molar-refractivity contribution >= 4 is 11.6 Å². The van der Waals surface area contributed by atoms with E-state index in [4.69, 9.17) is 0 Å². The van der Waals surface area contributed by atoms with E-state index in [1.54, 1.807) is 12.1 Å². The van der Waals surface area contributed by atoms with Crippen LogP contribution in [0, 0.1) is 5.82 Å². The van der Waals surface area contributed by atoms with E-state index in [2.05, 4.69) is 17.0 Å². The molecular formula is C18H19FN2O. The summed E-state index contributed by atoms with van der Waals surface area (Å²) in [5, 5.41) is 0. The van der Waals surface area contributed by atoms with E-state index >= 15 is 0 Å². The maximum absolute atomic E-state index is 12.9. The van der Waals surface area contributed by atoms with Crippen LogP contribution in [-0.2, 0) is 11.2 Å². The van der Waals surface area contributed by atoms with Crippen LogP contribution in [0.2, 0.25) is 0 Å². The van der Waals surface area contributed by atoms with Gasteiger partial charge in [0.2, 0.25) is 5.91 Å². The zero-order chi connectivity index (χ0) is 15.4. The highest BCUT2D eigenvalue weighted by Crippen LogP contribution is 2.16. The van der Waals surface area contributed by atoms with Gasteiger partial charge in [0.1, 0.15) is 5.82 Å². The molecule has 1 aliphatic rings. The Balaban J connectivity index is 1.54. The Kier molecular flexibility index (Phi) is 4.37. The van der Waals surface area contributed by atoms with Crippen molar-refractivity contribution in [2.75, 3.05) is 31.1 Å². The number of piperazine rings is 1. The highest BCUT2D eigenvalue weighted by Gasteiger charge is 2.21. The first-order chi connectivity index (χ1) is 10.7. The standard InChI is InChI=1S/C18H19FN2O/c19-16-8-6-15(7-9-16)14-18(22)21-12-10-20(11-13-21)17-4-2-1-3-5-17/h1-9H,10-14H2. The van der Waals surface area contributed by atoms with Gasteiger partial charge in [0.05, 0.1) is 6.42 Å². The Morgan fingerprint density at radius 1 is 0.909 bits per heavy atom. The SMILES string of the molecule is O=C(Cc1ccc(F)cc1)N1CCN(c2ccccc2)CC1. The van der Waals surface area contributed by atoms with Gasteiger partial charge >= 0.3 is 0 Å². The lowest BCUT2D eigenvalue weighted by Crippen LogP contribution is -2.49. The smallest absolute Gasteiger partial charge is 0.227 e. The number of para-hydroxylation sites is 1. The molecule has 1 heterocycles. The average Bonchev–Trinajstić information content (AvgIpc) is 2.58. The van der Waals surface area contributed by atoms with Crippen LogP contribution in [0.15, 0.2) is 54.6 Å². The summed E-state index contributed by atoms with van der Waals surface area (Å²) >= 11 is 0. The second-order valence-electron chi connectivity index (χ2n) is 5.51. The maximum Gasteiger partial charge on any atom is 0.227 e. The molecule has 0 saturated carbocycles. The summed E-state index contributed by atoms with van der Waals surface area (Å²) in [5.41, 5.74) is 2.06. The number of hydrogen-bond donors (Lipinski definition) is 0. The largest absolute Gasteiger partial charge is 0.368 e. The molecule has 3 nitrogen and oxygen atoms in total. The van der Waals surface area contributed by atoms with E-state index in [1.165, 1.54) is 17.8 Å². The second kappa shape index (κ2) is 6.60. The number of nitrogens with zero attached hydrogens (tertiary/aromatic N) is 2. The molecule has 0 aromatic heterocycles. The van der Waals surface area contributed by atoms with Crippen molar-refractivity contribution in [2.24, 2.45) is 0 Å². The van der Waals surface area contributed by atoms with E-state index in [-0.39, 0.29) is 11.7 Å². The number of carbonyl (C=O) groups is 1. The van der Waals surface area contributed by atoms with Gasteiger partial charge in [-0.2, -0.15) is 0 Å². The van der Waals surface area contributed by atoms with Crippen LogP contribution in [0.4, 0.5) is 10.1 Å².